The van der Waals surface area contributed by atoms with Crippen LogP contribution in [0.5, 0.6) is 0 Å². The summed E-state index contributed by atoms with van der Waals surface area (Å²) in [7, 11) is 0. The zero-order valence-corrected chi connectivity index (χ0v) is 20.8. The molecular formula is C30H28N4O2. The molecule has 3 aromatic carbocycles. The number of nitrogens with zero attached hydrogens (tertiary/aromatic N) is 2. The molecule has 1 heterocycles. The Hall–Kier alpha value is -4.50. The molecule has 4 rings (SSSR count). The van der Waals surface area contributed by atoms with Crippen LogP contribution in [-0.2, 0) is 10.2 Å². The molecule has 2 N–H and O–H groups in total. The van der Waals surface area contributed by atoms with Gasteiger partial charge in [0.25, 0.3) is 11.8 Å². The van der Waals surface area contributed by atoms with E-state index in [2.05, 4.69) is 36.4 Å². The van der Waals surface area contributed by atoms with Crippen LogP contribution < -0.4 is 10.6 Å². The lowest BCUT2D eigenvalue weighted by molar-refractivity contribution is -0.117. The van der Waals surface area contributed by atoms with E-state index in [1.807, 2.05) is 73.7 Å². The average Bonchev–Trinajstić information content (AvgIpc) is 3.22. The van der Waals surface area contributed by atoms with Crippen LogP contribution in [0.15, 0.2) is 89.4 Å². The van der Waals surface area contributed by atoms with Crippen molar-refractivity contribution in [3.05, 3.63) is 112 Å². The van der Waals surface area contributed by atoms with Gasteiger partial charge in [-0.3, -0.25) is 9.59 Å². The largest absolute Gasteiger partial charge is 0.345 e. The molecule has 0 spiro atoms. The van der Waals surface area contributed by atoms with Crippen LogP contribution in [0.25, 0.3) is 5.70 Å². The molecule has 0 bridgehead atoms. The maximum Gasteiger partial charge on any atom is 0.264 e. The predicted octanol–water partition coefficient (Wildman–Crippen LogP) is 5.29. The Morgan fingerprint density at radius 2 is 1.50 bits per heavy atom. The normalized spacial score (nSPS) is 14.7. The number of rotatable bonds is 4. The quantitative estimate of drug-likeness (QED) is 0.396. The number of benzene rings is 3. The summed E-state index contributed by atoms with van der Waals surface area (Å²) in [6.07, 6.45) is 0. The number of amides is 2. The fourth-order valence-electron chi connectivity index (χ4n) is 4.02. The molecule has 1 atom stereocenters. The van der Waals surface area contributed by atoms with Crippen molar-refractivity contribution >= 4 is 23.3 Å². The third-order valence-corrected chi connectivity index (χ3v) is 6.13. The van der Waals surface area contributed by atoms with E-state index >= 15 is 0 Å². The number of carbonyl (C=O) groups excluding carboxylic acids is 2. The van der Waals surface area contributed by atoms with E-state index in [1.165, 1.54) is 0 Å². The molecule has 0 aromatic heterocycles. The van der Waals surface area contributed by atoms with Crippen molar-refractivity contribution in [2.75, 3.05) is 0 Å². The van der Waals surface area contributed by atoms with Crippen molar-refractivity contribution in [3.8, 4) is 6.07 Å². The third-order valence-electron chi connectivity index (χ3n) is 6.13. The number of nitrogens with one attached hydrogen (secondary N) is 2. The van der Waals surface area contributed by atoms with Gasteiger partial charge in [-0.05, 0) is 35.6 Å². The number of hydrogen-bond donors (Lipinski definition) is 2. The standard InChI is InChI=1S/C30H28N4O2/c1-19(20-10-6-5-7-11-20)32-29(36)25(18-31)26-23-12-8-9-13-24(23)27(33-26)34-28(35)21-14-16-22(17-15-21)30(2,3)4/h5-17,19H,1-4H3,(H,32,36)(H,33,34,35)/b26-25-. The van der Waals surface area contributed by atoms with Gasteiger partial charge in [0, 0.05) is 16.7 Å². The molecule has 6 nitrogen and oxygen atoms in total. The van der Waals surface area contributed by atoms with Gasteiger partial charge in [0.05, 0.1) is 11.7 Å². The van der Waals surface area contributed by atoms with E-state index in [-0.39, 0.29) is 28.6 Å². The highest BCUT2D eigenvalue weighted by atomic mass is 16.2. The van der Waals surface area contributed by atoms with Gasteiger partial charge < -0.3 is 10.6 Å². The monoisotopic (exact) mass is 476 g/mol. The molecule has 1 unspecified atom stereocenters. The summed E-state index contributed by atoms with van der Waals surface area (Å²) in [6, 6.07) is 25.9. The minimum atomic E-state index is -0.521. The maximum atomic E-state index is 13.1. The zero-order chi connectivity index (χ0) is 25.9. The molecule has 2 amide bonds. The molecule has 36 heavy (non-hydrogen) atoms. The first-order valence-electron chi connectivity index (χ1n) is 11.8. The van der Waals surface area contributed by atoms with Crippen molar-refractivity contribution in [1.29, 1.82) is 5.26 Å². The molecule has 0 saturated carbocycles. The first-order valence-corrected chi connectivity index (χ1v) is 11.8. The van der Waals surface area contributed by atoms with E-state index in [0.717, 1.165) is 11.1 Å². The topological polar surface area (TPSA) is 94.3 Å². The number of nitriles is 1. The number of carbonyl (C=O) groups is 2. The van der Waals surface area contributed by atoms with Gasteiger partial charge in [-0.15, -0.1) is 0 Å². The summed E-state index contributed by atoms with van der Waals surface area (Å²) in [6.45, 7) is 8.20. The Morgan fingerprint density at radius 1 is 0.889 bits per heavy atom. The summed E-state index contributed by atoms with van der Waals surface area (Å²) in [5.74, 6) is -0.527. The highest BCUT2D eigenvalue weighted by Gasteiger charge is 2.28. The first kappa shape index (κ1) is 24.6. The second-order valence-electron chi connectivity index (χ2n) is 9.73. The molecule has 0 saturated heterocycles. The van der Waals surface area contributed by atoms with Crippen LogP contribution >= 0.6 is 0 Å². The van der Waals surface area contributed by atoms with Crippen molar-refractivity contribution in [2.45, 2.75) is 39.2 Å². The van der Waals surface area contributed by atoms with Crippen molar-refractivity contribution in [2.24, 2.45) is 4.99 Å². The van der Waals surface area contributed by atoms with Crippen molar-refractivity contribution in [3.63, 3.8) is 0 Å². The van der Waals surface area contributed by atoms with Crippen LogP contribution in [0, 0.1) is 11.3 Å². The second kappa shape index (κ2) is 10.0. The highest BCUT2D eigenvalue weighted by Crippen LogP contribution is 2.31. The van der Waals surface area contributed by atoms with Gasteiger partial charge >= 0.3 is 0 Å². The Labute approximate surface area is 211 Å². The zero-order valence-electron chi connectivity index (χ0n) is 20.8. The van der Waals surface area contributed by atoms with Gasteiger partial charge in [0.15, 0.2) is 0 Å². The Balaban J connectivity index is 1.62. The predicted molar refractivity (Wildman–Crippen MR) is 141 cm³/mol. The molecule has 3 aromatic rings. The molecule has 180 valence electrons. The fourth-order valence-corrected chi connectivity index (χ4v) is 4.02. The summed E-state index contributed by atoms with van der Waals surface area (Å²) < 4.78 is 0. The Bertz CT molecular complexity index is 1410. The van der Waals surface area contributed by atoms with Gasteiger partial charge in [-0.25, -0.2) is 4.99 Å². The van der Waals surface area contributed by atoms with E-state index in [1.54, 1.807) is 18.2 Å². The van der Waals surface area contributed by atoms with E-state index < -0.39 is 5.91 Å². The molecular weight excluding hydrogens is 448 g/mol. The summed E-state index contributed by atoms with van der Waals surface area (Å²) in [4.78, 5) is 30.6. The Morgan fingerprint density at radius 3 is 2.11 bits per heavy atom. The minimum Gasteiger partial charge on any atom is -0.345 e. The molecule has 1 aliphatic heterocycles. The fraction of sp³-hybridized carbons (Fsp3) is 0.200. The molecule has 1 aliphatic rings. The van der Waals surface area contributed by atoms with E-state index in [0.29, 0.717) is 22.5 Å². The van der Waals surface area contributed by atoms with Crippen LogP contribution in [0.3, 0.4) is 0 Å². The van der Waals surface area contributed by atoms with Crippen molar-refractivity contribution < 1.29 is 9.59 Å². The van der Waals surface area contributed by atoms with Crippen LogP contribution in [0.1, 0.15) is 66.3 Å². The summed E-state index contributed by atoms with van der Waals surface area (Å²) >= 11 is 0. The second-order valence-corrected chi connectivity index (χ2v) is 9.73. The lowest BCUT2D eigenvalue weighted by atomic mass is 9.87. The number of aliphatic imine (C=N–C) groups is 1. The van der Waals surface area contributed by atoms with Crippen LogP contribution in [0.4, 0.5) is 0 Å². The van der Waals surface area contributed by atoms with E-state index in [9.17, 15) is 14.9 Å². The minimum absolute atomic E-state index is 0.0184. The lowest BCUT2D eigenvalue weighted by Gasteiger charge is -2.19. The number of hydrogen-bond acceptors (Lipinski definition) is 4. The van der Waals surface area contributed by atoms with Crippen LogP contribution in [0.2, 0.25) is 0 Å². The van der Waals surface area contributed by atoms with Crippen LogP contribution in [-0.4, -0.2) is 17.6 Å². The smallest absolute Gasteiger partial charge is 0.264 e. The maximum absolute atomic E-state index is 13.1. The average molecular weight is 477 g/mol. The van der Waals surface area contributed by atoms with Gasteiger partial charge in [-0.2, -0.15) is 5.26 Å². The number of amidine groups is 1. The highest BCUT2D eigenvalue weighted by molar-refractivity contribution is 6.20. The molecule has 0 radical (unpaired) electrons. The lowest BCUT2D eigenvalue weighted by Crippen LogP contribution is -2.30. The molecule has 0 fully saturated rings. The summed E-state index contributed by atoms with van der Waals surface area (Å²) in [5, 5.41) is 15.6. The van der Waals surface area contributed by atoms with Crippen molar-refractivity contribution in [1.82, 2.24) is 10.6 Å². The first-order chi connectivity index (χ1) is 17.2. The third kappa shape index (κ3) is 5.11. The van der Waals surface area contributed by atoms with Gasteiger partial charge in [-0.1, -0.05) is 87.5 Å². The Kier molecular flexibility index (Phi) is 6.84. The van der Waals surface area contributed by atoms with E-state index in [4.69, 9.17) is 0 Å². The van der Waals surface area contributed by atoms with Gasteiger partial charge in [0.2, 0.25) is 0 Å². The number of fused-ring (bicyclic) bond motifs is 1. The molecule has 6 heteroatoms. The SMILES string of the molecule is CC(NC(=O)/C(C#N)=C1\N=C(NC(=O)c2ccc(C(C)(C)C)cc2)c2ccccc21)c1ccccc1. The molecule has 0 aliphatic carbocycles. The summed E-state index contributed by atoms with van der Waals surface area (Å²) in [5.41, 5.74) is 3.94. The van der Waals surface area contributed by atoms with Gasteiger partial charge in [0.1, 0.15) is 17.5 Å².